The number of benzene rings is 2. The molecule has 0 saturated heterocycles. The molecule has 0 amide bonds. The van der Waals surface area contributed by atoms with Crippen LogP contribution in [0.15, 0.2) is 58.3 Å². The molecule has 156 valence electrons. The van der Waals surface area contributed by atoms with Gasteiger partial charge in [0.15, 0.2) is 15.5 Å². The van der Waals surface area contributed by atoms with Crippen molar-refractivity contribution in [3.63, 3.8) is 0 Å². The third-order valence-corrected chi connectivity index (χ3v) is 6.27. The average molecular weight is 451 g/mol. The van der Waals surface area contributed by atoms with E-state index in [1.54, 1.807) is 24.3 Å². The second-order valence-corrected chi connectivity index (χ2v) is 9.35. The minimum atomic E-state index is -4.69. The summed E-state index contributed by atoms with van der Waals surface area (Å²) in [6, 6.07) is 12.2. The summed E-state index contributed by atoms with van der Waals surface area (Å²) in [6.45, 7) is -0.355. The van der Waals surface area contributed by atoms with Crippen LogP contribution in [0.4, 0.5) is 13.2 Å². The number of hydrogen-bond acceptors (Lipinski definition) is 4. The molecule has 0 unspecified atom stereocenters. The lowest BCUT2D eigenvalue weighted by Gasteiger charge is -2.12. The lowest BCUT2D eigenvalue weighted by Crippen LogP contribution is -2.15. The summed E-state index contributed by atoms with van der Waals surface area (Å²) >= 11 is 1.47. The van der Waals surface area contributed by atoms with Crippen LogP contribution in [0.2, 0.25) is 0 Å². The molecule has 1 aromatic heterocycles. The predicted octanol–water partition coefficient (Wildman–Crippen LogP) is 4.99. The Morgan fingerprint density at radius 2 is 1.63 bits per heavy atom. The van der Waals surface area contributed by atoms with Crippen molar-refractivity contribution in [3.05, 3.63) is 54.2 Å². The van der Waals surface area contributed by atoms with Crippen LogP contribution in [0.5, 0.6) is 0 Å². The molecule has 30 heavy (non-hydrogen) atoms. The Morgan fingerprint density at radius 1 is 1.07 bits per heavy atom. The van der Waals surface area contributed by atoms with Gasteiger partial charge in [-0.25, -0.2) is 13.1 Å². The lowest BCUT2D eigenvalue weighted by molar-refractivity contribution is -0.143. The SMILES string of the molecule is C#CCn1nc(-c2ccc(S(C)(=O)=O)cc2)c(-c2ccc(SC)cc2)c1C(F)(F)F. The summed E-state index contributed by atoms with van der Waals surface area (Å²) in [5.41, 5.74) is -0.273. The van der Waals surface area contributed by atoms with Crippen LogP contribution in [-0.2, 0) is 22.6 Å². The first-order chi connectivity index (χ1) is 14.1. The van der Waals surface area contributed by atoms with Crippen LogP contribution >= 0.6 is 11.8 Å². The first-order valence-corrected chi connectivity index (χ1v) is 11.7. The fourth-order valence-corrected chi connectivity index (χ4v) is 4.08. The summed E-state index contributed by atoms with van der Waals surface area (Å²) in [5.74, 6) is 2.21. The number of thioether (sulfide) groups is 1. The summed E-state index contributed by atoms with van der Waals surface area (Å²) in [7, 11) is -3.44. The zero-order chi connectivity index (χ0) is 22.1. The van der Waals surface area contributed by atoms with Gasteiger partial charge in [-0.2, -0.15) is 18.3 Å². The Hall–Kier alpha value is -2.70. The van der Waals surface area contributed by atoms with E-state index in [0.717, 1.165) is 15.8 Å². The van der Waals surface area contributed by atoms with Crippen molar-refractivity contribution in [1.29, 1.82) is 0 Å². The number of terminal acetylenes is 1. The number of alkyl halides is 3. The first kappa shape index (κ1) is 22.0. The van der Waals surface area contributed by atoms with E-state index in [2.05, 4.69) is 11.0 Å². The van der Waals surface area contributed by atoms with Gasteiger partial charge in [0.05, 0.1) is 4.90 Å². The number of aromatic nitrogens is 2. The van der Waals surface area contributed by atoms with Gasteiger partial charge in [0.25, 0.3) is 0 Å². The van der Waals surface area contributed by atoms with E-state index in [4.69, 9.17) is 6.42 Å². The molecule has 0 fully saturated rings. The molecule has 0 radical (unpaired) electrons. The average Bonchev–Trinajstić information content (AvgIpc) is 3.07. The Labute approximate surface area is 177 Å². The number of sulfone groups is 1. The largest absolute Gasteiger partial charge is 0.433 e. The topological polar surface area (TPSA) is 52.0 Å². The van der Waals surface area contributed by atoms with Gasteiger partial charge in [-0.1, -0.05) is 30.2 Å². The molecule has 2 aromatic carbocycles. The molecule has 0 N–H and O–H groups in total. The van der Waals surface area contributed by atoms with Gasteiger partial charge in [0.1, 0.15) is 12.2 Å². The van der Waals surface area contributed by atoms with Crippen LogP contribution in [0, 0.1) is 12.3 Å². The maximum atomic E-state index is 14.0. The van der Waals surface area contributed by atoms with Gasteiger partial charge in [0, 0.05) is 22.3 Å². The number of rotatable bonds is 5. The smallest absolute Gasteiger partial charge is 0.247 e. The van der Waals surface area contributed by atoms with E-state index in [0.29, 0.717) is 11.1 Å². The maximum Gasteiger partial charge on any atom is 0.433 e. The molecular weight excluding hydrogens is 433 g/mol. The molecule has 1 heterocycles. The van der Waals surface area contributed by atoms with Crippen LogP contribution in [0.3, 0.4) is 0 Å². The highest BCUT2D eigenvalue weighted by molar-refractivity contribution is 7.98. The molecule has 3 aromatic rings. The van der Waals surface area contributed by atoms with Gasteiger partial charge in [-0.05, 0) is 36.1 Å². The van der Waals surface area contributed by atoms with E-state index >= 15 is 0 Å². The highest BCUT2D eigenvalue weighted by Gasteiger charge is 2.40. The van der Waals surface area contributed by atoms with Crippen LogP contribution < -0.4 is 0 Å². The number of hydrogen-bond donors (Lipinski definition) is 0. The molecular formula is C21H17F3N2O2S2. The van der Waals surface area contributed by atoms with Gasteiger partial charge in [-0.3, -0.25) is 0 Å². The molecule has 3 rings (SSSR count). The van der Waals surface area contributed by atoms with Crippen molar-refractivity contribution in [1.82, 2.24) is 9.78 Å². The van der Waals surface area contributed by atoms with Crippen LogP contribution in [-0.4, -0.2) is 30.7 Å². The molecule has 4 nitrogen and oxygen atoms in total. The zero-order valence-corrected chi connectivity index (χ0v) is 17.7. The summed E-state index contributed by atoms with van der Waals surface area (Å²) < 4.78 is 66.2. The van der Waals surface area contributed by atoms with Crippen molar-refractivity contribution in [2.45, 2.75) is 22.5 Å². The second-order valence-electron chi connectivity index (χ2n) is 6.46. The van der Waals surface area contributed by atoms with Gasteiger partial charge < -0.3 is 0 Å². The van der Waals surface area contributed by atoms with Crippen LogP contribution in [0.25, 0.3) is 22.4 Å². The van der Waals surface area contributed by atoms with Crippen molar-refractivity contribution in [2.24, 2.45) is 0 Å². The fraction of sp³-hybridized carbons (Fsp3) is 0.190. The number of halogens is 3. The second kappa shape index (κ2) is 8.20. The van der Waals surface area contributed by atoms with E-state index in [-0.39, 0.29) is 22.7 Å². The Morgan fingerprint density at radius 3 is 2.10 bits per heavy atom. The van der Waals surface area contributed by atoms with Gasteiger partial charge in [0.2, 0.25) is 0 Å². The Balaban J connectivity index is 2.30. The molecule has 9 heteroatoms. The third-order valence-electron chi connectivity index (χ3n) is 4.40. The molecule has 0 aliphatic heterocycles. The van der Waals surface area contributed by atoms with Gasteiger partial charge >= 0.3 is 6.18 Å². The predicted molar refractivity (Wildman–Crippen MR) is 112 cm³/mol. The minimum absolute atomic E-state index is 0.0659. The van der Waals surface area contributed by atoms with Crippen molar-refractivity contribution >= 4 is 21.6 Å². The highest BCUT2D eigenvalue weighted by Crippen LogP contribution is 2.43. The Bertz CT molecular complexity index is 1210. The third kappa shape index (κ3) is 4.40. The lowest BCUT2D eigenvalue weighted by atomic mass is 9.98. The zero-order valence-electron chi connectivity index (χ0n) is 16.1. The van der Waals surface area contributed by atoms with E-state index in [1.165, 1.54) is 36.0 Å². The molecule has 0 aliphatic carbocycles. The van der Waals surface area contributed by atoms with Crippen molar-refractivity contribution in [2.75, 3.05) is 12.5 Å². The molecule has 0 aliphatic rings. The Kier molecular flexibility index (Phi) is 6.01. The quantitative estimate of drug-likeness (QED) is 0.406. The fourth-order valence-electron chi connectivity index (χ4n) is 3.04. The molecule has 0 spiro atoms. The van der Waals surface area contributed by atoms with E-state index in [9.17, 15) is 21.6 Å². The minimum Gasteiger partial charge on any atom is -0.247 e. The number of nitrogens with zero attached hydrogens (tertiary/aromatic N) is 2. The molecule has 0 bridgehead atoms. The summed E-state index contributed by atoms with van der Waals surface area (Å²) in [5, 5.41) is 4.15. The van der Waals surface area contributed by atoms with E-state index in [1.807, 2.05) is 6.26 Å². The van der Waals surface area contributed by atoms with Gasteiger partial charge in [-0.15, -0.1) is 18.2 Å². The van der Waals surface area contributed by atoms with E-state index < -0.39 is 21.7 Å². The molecule has 0 saturated carbocycles. The normalized spacial score (nSPS) is 12.0. The first-order valence-electron chi connectivity index (χ1n) is 8.62. The monoisotopic (exact) mass is 450 g/mol. The highest BCUT2D eigenvalue weighted by atomic mass is 32.2. The maximum absolute atomic E-state index is 14.0. The van der Waals surface area contributed by atoms with Crippen LogP contribution in [0.1, 0.15) is 5.69 Å². The summed E-state index contributed by atoms with van der Waals surface area (Å²) in [6.07, 6.45) is 3.51. The van der Waals surface area contributed by atoms with Crippen molar-refractivity contribution < 1.29 is 21.6 Å². The van der Waals surface area contributed by atoms with Crippen molar-refractivity contribution in [3.8, 4) is 34.7 Å². The summed E-state index contributed by atoms with van der Waals surface area (Å²) in [4.78, 5) is 0.971. The standard InChI is InChI=1S/C21H17F3N2O2S2/c1-4-13-26-20(21(22,23)24)18(14-5-9-16(29-2)10-6-14)19(25-26)15-7-11-17(12-8-15)30(3,27)28/h1,5-12H,13H2,2-3H3. The molecule has 0 atom stereocenters.